The van der Waals surface area contributed by atoms with Crippen LogP contribution in [-0.4, -0.2) is 16.9 Å². The molecule has 0 aliphatic carbocycles. The van der Waals surface area contributed by atoms with Gasteiger partial charge < -0.3 is 9.29 Å². The largest absolute Gasteiger partial charge is 0.611 e. The third-order valence-corrected chi connectivity index (χ3v) is 3.45. The van der Waals surface area contributed by atoms with Gasteiger partial charge in [0.05, 0.1) is 6.61 Å². The Morgan fingerprint density at radius 1 is 1.27 bits per heavy atom. The second kappa shape index (κ2) is 6.03. The molecule has 0 heterocycles. The first kappa shape index (κ1) is 12.4. The summed E-state index contributed by atoms with van der Waals surface area (Å²) in [7, 11) is 0. The molecule has 1 aromatic carbocycles. The smallest absolute Gasteiger partial charge is 0.152 e. The van der Waals surface area contributed by atoms with Crippen LogP contribution in [0, 0.1) is 5.92 Å². The average Bonchev–Trinajstić information content (AvgIpc) is 2.18. The molecule has 1 unspecified atom stereocenters. The van der Waals surface area contributed by atoms with Gasteiger partial charge in [-0.3, -0.25) is 0 Å². The van der Waals surface area contributed by atoms with Gasteiger partial charge >= 0.3 is 0 Å². The van der Waals surface area contributed by atoms with Gasteiger partial charge in [-0.1, -0.05) is 13.8 Å². The molecule has 0 aromatic heterocycles. The lowest BCUT2D eigenvalue weighted by Gasteiger charge is -2.12. The quantitative estimate of drug-likeness (QED) is 0.722. The molecule has 0 N–H and O–H groups in total. The van der Waals surface area contributed by atoms with E-state index >= 15 is 0 Å². The second-order valence-corrected chi connectivity index (χ2v) is 5.05. The van der Waals surface area contributed by atoms with Crippen molar-refractivity contribution in [2.24, 2.45) is 0 Å². The molecule has 0 aliphatic rings. The van der Waals surface area contributed by atoms with Crippen molar-refractivity contribution in [3.8, 4) is 5.75 Å². The molecule has 0 fully saturated rings. The zero-order valence-electron chi connectivity index (χ0n) is 9.45. The van der Waals surface area contributed by atoms with Crippen LogP contribution >= 0.6 is 0 Å². The van der Waals surface area contributed by atoms with Gasteiger partial charge in [0.15, 0.2) is 4.90 Å². The lowest BCUT2D eigenvalue weighted by atomic mass is 10.3. The highest BCUT2D eigenvalue weighted by atomic mass is 32.2. The number of hydrogen-bond donors (Lipinski definition) is 0. The molecular formula is C12H17O2S. The zero-order valence-corrected chi connectivity index (χ0v) is 10.3. The molecule has 0 bridgehead atoms. The highest BCUT2D eigenvalue weighted by Crippen LogP contribution is 2.18. The number of hydrogen-bond acceptors (Lipinski definition) is 2. The van der Waals surface area contributed by atoms with Gasteiger partial charge in [-0.2, -0.15) is 0 Å². The molecule has 0 saturated heterocycles. The highest BCUT2D eigenvalue weighted by molar-refractivity contribution is 7.91. The summed E-state index contributed by atoms with van der Waals surface area (Å²) >= 11 is -0.918. The zero-order chi connectivity index (χ0) is 11.3. The van der Waals surface area contributed by atoms with Crippen molar-refractivity contribution in [2.45, 2.75) is 25.7 Å². The van der Waals surface area contributed by atoms with E-state index < -0.39 is 11.2 Å². The third kappa shape index (κ3) is 4.14. The summed E-state index contributed by atoms with van der Waals surface area (Å²) in [6, 6.07) is 7.46. The Morgan fingerprint density at radius 2 is 1.87 bits per heavy atom. The Bertz CT molecular complexity index is 282. The Balaban J connectivity index is 2.62. The Morgan fingerprint density at radius 3 is 2.33 bits per heavy atom. The summed E-state index contributed by atoms with van der Waals surface area (Å²) < 4.78 is 17.1. The van der Waals surface area contributed by atoms with Gasteiger partial charge in [0.25, 0.3) is 0 Å². The maximum atomic E-state index is 11.8. The summed E-state index contributed by atoms with van der Waals surface area (Å²) in [6.07, 6.45) is 0. The van der Waals surface area contributed by atoms with E-state index in [4.69, 9.17) is 4.74 Å². The normalized spacial score (nSPS) is 12.9. The SMILES string of the molecule is CCOc1ccc([S+]([O-])C[C](C)C)cc1. The van der Waals surface area contributed by atoms with Crippen LogP contribution in [0.25, 0.3) is 0 Å². The van der Waals surface area contributed by atoms with Crippen LogP contribution in [0.1, 0.15) is 20.8 Å². The molecular weight excluding hydrogens is 208 g/mol. The van der Waals surface area contributed by atoms with Crippen LogP contribution < -0.4 is 4.74 Å². The van der Waals surface area contributed by atoms with Gasteiger partial charge in [0.2, 0.25) is 0 Å². The average molecular weight is 225 g/mol. The standard InChI is InChI=1S/C12H17O2S/c1-4-14-11-5-7-12(8-6-11)15(13)9-10(2)3/h5-8H,4,9H2,1-3H3. The molecule has 15 heavy (non-hydrogen) atoms. The van der Waals surface area contributed by atoms with Crippen LogP contribution in [0.5, 0.6) is 5.75 Å². The van der Waals surface area contributed by atoms with Crippen molar-refractivity contribution in [3.63, 3.8) is 0 Å². The lowest BCUT2D eigenvalue weighted by Crippen LogP contribution is -2.10. The van der Waals surface area contributed by atoms with Gasteiger partial charge in [0, 0.05) is 5.92 Å². The predicted molar refractivity (Wildman–Crippen MR) is 63.5 cm³/mol. The minimum absolute atomic E-state index is 0.633. The Hall–Kier alpha value is -0.670. The molecule has 0 spiro atoms. The third-order valence-electron chi connectivity index (χ3n) is 1.82. The predicted octanol–water partition coefficient (Wildman–Crippen LogP) is 2.81. The topological polar surface area (TPSA) is 32.3 Å². The maximum Gasteiger partial charge on any atom is 0.152 e. The van der Waals surface area contributed by atoms with Crippen LogP contribution in [0.4, 0.5) is 0 Å². The van der Waals surface area contributed by atoms with E-state index in [1.807, 2.05) is 45.0 Å². The second-order valence-electron chi connectivity index (χ2n) is 3.60. The van der Waals surface area contributed by atoms with Crippen molar-refractivity contribution < 1.29 is 9.29 Å². The minimum Gasteiger partial charge on any atom is -0.611 e. The van der Waals surface area contributed by atoms with E-state index in [1.54, 1.807) is 0 Å². The van der Waals surface area contributed by atoms with E-state index in [0.717, 1.165) is 10.6 Å². The molecule has 1 aromatic rings. The van der Waals surface area contributed by atoms with E-state index in [0.29, 0.717) is 12.4 Å². The monoisotopic (exact) mass is 225 g/mol. The van der Waals surface area contributed by atoms with Gasteiger partial charge in [-0.05, 0) is 42.4 Å². The fraction of sp³-hybridized carbons (Fsp3) is 0.417. The van der Waals surface area contributed by atoms with Crippen molar-refractivity contribution in [1.82, 2.24) is 0 Å². The minimum atomic E-state index is -0.918. The lowest BCUT2D eigenvalue weighted by molar-refractivity contribution is 0.340. The number of benzene rings is 1. The van der Waals surface area contributed by atoms with Gasteiger partial charge in [-0.15, -0.1) is 0 Å². The van der Waals surface area contributed by atoms with Crippen molar-refractivity contribution >= 4 is 11.2 Å². The molecule has 1 atom stereocenters. The van der Waals surface area contributed by atoms with Crippen LogP contribution in [0.15, 0.2) is 29.2 Å². The summed E-state index contributed by atoms with van der Waals surface area (Å²) in [5.74, 6) is 2.64. The maximum absolute atomic E-state index is 11.8. The molecule has 0 amide bonds. The first-order valence-corrected chi connectivity index (χ1v) is 6.35. The molecule has 2 nitrogen and oxygen atoms in total. The molecule has 0 aliphatic heterocycles. The van der Waals surface area contributed by atoms with Crippen molar-refractivity contribution in [1.29, 1.82) is 0 Å². The first-order chi connectivity index (χ1) is 7.13. The Labute approximate surface area is 94.8 Å². The number of ether oxygens (including phenoxy) is 1. The van der Waals surface area contributed by atoms with Gasteiger partial charge in [-0.25, -0.2) is 0 Å². The highest BCUT2D eigenvalue weighted by Gasteiger charge is 2.12. The number of rotatable bonds is 5. The molecule has 83 valence electrons. The van der Waals surface area contributed by atoms with Crippen LogP contribution in [0.3, 0.4) is 0 Å². The van der Waals surface area contributed by atoms with Crippen LogP contribution in [0.2, 0.25) is 0 Å². The van der Waals surface area contributed by atoms with E-state index in [9.17, 15) is 4.55 Å². The van der Waals surface area contributed by atoms with E-state index in [1.165, 1.54) is 5.92 Å². The van der Waals surface area contributed by atoms with Crippen LogP contribution in [-0.2, 0) is 11.2 Å². The van der Waals surface area contributed by atoms with E-state index in [2.05, 4.69) is 0 Å². The summed E-state index contributed by atoms with van der Waals surface area (Å²) in [5, 5.41) is 0. The summed E-state index contributed by atoms with van der Waals surface area (Å²) in [6.45, 7) is 6.59. The van der Waals surface area contributed by atoms with Crippen molar-refractivity contribution in [3.05, 3.63) is 30.2 Å². The summed E-state index contributed by atoms with van der Waals surface area (Å²) in [4.78, 5) is 0.861. The Kier molecular flexibility index (Phi) is 4.99. The molecule has 1 rings (SSSR count). The van der Waals surface area contributed by atoms with Gasteiger partial charge in [0.1, 0.15) is 11.5 Å². The fourth-order valence-corrected chi connectivity index (χ4v) is 2.33. The van der Waals surface area contributed by atoms with Crippen molar-refractivity contribution in [2.75, 3.05) is 12.4 Å². The molecule has 3 heteroatoms. The molecule has 1 radical (unpaired) electrons. The van der Waals surface area contributed by atoms with E-state index in [-0.39, 0.29) is 0 Å². The molecule has 0 saturated carbocycles. The first-order valence-electron chi connectivity index (χ1n) is 5.03. The fourth-order valence-electron chi connectivity index (χ4n) is 1.20. The summed E-state index contributed by atoms with van der Waals surface area (Å²) in [5.41, 5.74) is 0.